The Labute approximate surface area is 123 Å². The molecule has 5 heteroatoms. The molecule has 1 heterocycles. The van der Waals surface area contributed by atoms with Gasteiger partial charge >= 0.3 is 0 Å². The summed E-state index contributed by atoms with van der Waals surface area (Å²) in [5.74, 6) is -0.190. The van der Waals surface area contributed by atoms with Crippen molar-refractivity contribution < 1.29 is 13.9 Å². The van der Waals surface area contributed by atoms with E-state index in [1.807, 2.05) is 26.8 Å². The Morgan fingerprint density at radius 2 is 2.05 bits per heavy atom. The predicted octanol–water partition coefficient (Wildman–Crippen LogP) is 3.57. The zero-order chi connectivity index (χ0) is 15.4. The second-order valence-corrected chi connectivity index (χ2v) is 4.97. The normalized spacial score (nSPS) is 10.5. The number of aryl methyl sites for hydroxylation is 1. The van der Waals surface area contributed by atoms with E-state index in [-0.39, 0.29) is 12.0 Å². The number of hydrogen-bond donors (Lipinski definition) is 1. The Balaban J connectivity index is 2.12. The molecule has 2 aromatic rings. The maximum atomic E-state index is 12.7. The monoisotopic (exact) mass is 288 g/mol. The van der Waals surface area contributed by atoms with Gasteiger partial charge in [0.05, 0.1) is 11.7 Å². The standard InChI is InChI=1S/C16H17FN2O2/c1-10(2)21-13-5-6-14(11(3)8-13)19-16(20)12-4-7-15(17)18-9-12/h4-10H,1-3H3,(H,19,20). The zero-order valence-electron chi connectivity index (χ0n) is 12.2. The second-order valence-electron chi connectivity index (χ2n) is 4.97. The molecule has 110 valence electrons. The number of pyridine rings is 1. The van der Waals surface area contributed by atoms with Gasteiger partial charge in [-0.3, -0.25) is 4.79 Å². The van der Waals surface area contributed by atoms with Gasteiger partial charge in [-0.1, -0.05) is 0 Å². The molecule has 21 heavy (non-hydrogen) atoms. The molecule has 1 amide bonds. The highest BCUT2D eigenvalue weighted by Gasteiger charge is 2.09. The number of benzene rings is 1. The maximum absolute atomic E-state index is 12.7. The zero-order valence-corrected chi connectivity index (χ0v) is 12.2. The van der Waals surface area contributed by atoms with E-state index in [0.717, 1.165) is 17.4 Å². The lowest BCUT2D eigenvalue weighted by Crippen LogP contribution is -2.13. The Bertz CT molecular complexity index is 639. The van der Waals surface area contributed by atoms with Gasteiger partial charge < -0.3 is 10.1 Å². The first-order valence-corrected chi connectivity index (χ1v) is 6.66. The molecule has 0 aliphatic rings. The van der Waals surface area contributed by atoms with E-state index >= 15 is 0 Å². The van der Waals surface area contributed by atoms with Gasteiger partial charge in [-0.25, -0.2) is 4.98 Å². The van der Waals surface area contributed by atoms with Crippen molar-refractivity contribution in [3.63, 3.8) is 0 Å². The summed E-state index contributed by atoms with van der Waals surface area (Å²) in [7, 11) is 0. The first kappa shape index (κ1) is 15.0. The van der Waals surface area contributed by atoms with E-state index in [4.69, 9.17) is 4.74 Å². The molecule has 1 aromatic heterocycles. The van der Waals surface area contributed by atoms with Gasteiger partial charge in [-0.2, -0.15) is 4.39 Å². The molecule has 0 fully saturated rings. The number of anilines is 1. The summed E-state index contributed by atoms with van der Waals surface area (Å²) in [6.45, 7) is 5.78. The third-order valence-electron chi connectivity index (χ3n) is 2.81. The summed E-state index contributed by atoms with van der Waals surface area (Å²) in [6.07, 6.45) is 1.30. The topological polar surface area (TPSA) is 51.2 Å². The van der Waals surface area contributed by atoms with Crippen molar-refractivity contribution in [2.75, 3.05) is 5.32 Å². The number of rotatable bonds is 4. The SMILES string of the molecule is Cc1cc(OC(C)C)ccc1NC(=O)c1ccc(F)nc1. The highest BCUT2D eigenvalue weighted by atomic mass is 19.1. The first-order chi connectivity index (χ1) is 9.95. The highest BCUT2D eigenvalue weighted by Crippen LogP contribution is 2.22. The van der Waals surface area contributed by atoms with Crippen LogP contribution in [0.3, 0.4) is 0 Å². The molecule has 0 saturated carbocycles. The fraction of sp³-hybridized carbons (Fsp3) is 0.250. The molecule has 0 aliphatic carbocycles. The first-order valence-electron chi connectivity index (χ1n) is 6.66. The Hall–Kier alpha value is -2.43. The molecule has 1 aromatic carbocycles. The van der Waals surface area contributed by atoms with E-state index in [9.17, 15) is 9.18 Å². The van der Waals surface area contributed by atoms with Gasteiger partial charge in [-0.05, 0) is 56.7 Å². The van der Waals surface area contributed by atoms with E-state index in [0.29, 0.717) is 11.3 Å². The summed E-state index contributed by atoms with van der Waals surface area (Å²) in [4.78, 5) is 15.5. The van der Waals surface area contributed by atoms with Gasteiger partial charge in [0.15, 0.2) is 0 Å². The lowest BCUT2D eigenvalue weighted by atomic mass is 10.1. The number of hydrogen-bond acceptors (Lipinski definition) is 3. The molecule has 0 atom stereocenters. The third kappa shape index (κ3) is 4.02. The van der Waals surface area contributed by atoms with Crippen molar-refractivity contribution >= 4 is 11.6 Å². The number of ether oxygens (including phenoxy) is 1. The number of nitrogens with one attached hydrogen (secondary N) is 1. The molecule has 0 aliphatic heterocycles. The number of carbonyl (C=O) groups is 1. The van der Waals surface area contributed by atoms with Crippen molar-refractivity contribution in [3.05, 3.63) is 53.6 Å². The van der Waals surface area contributed by atoms with Crippen LogP contribution >= 0.6 is 0 Å². The van der Waals surface area contributed by atoms with Crippen LogP contribution in [0.1, 0.15) is 29.8 Å². The lowest BCUT2D eigenvalue weighted by molar-refractivity contribution is 0.102. The largest absolute Gasteiger partial charge is 0.491 e. The minimum Gasteiger partial charge on any atom is -0.491 e. The van der Waals surface area contributed by atoms with Crippen molar-refractivity contribution in [1.82, 2.24) is 4.98 Å². The van der Waals surface area contributed by atoms with Gasteiger partial charge in [0, 0.05) is 11.9 Å². The number of aromatic nitrogens is 1. The van der Waals surface area contributed by atoms with Crippen LogP contribution in [0.25, 0.3) is 0 Å². The molecule has 0 radical (unpaired) electrons. The molecule has 0 spiro atoms. The van der Waals surface area contributed by atoms with E-state index in [1.54, 1.807) is 12.1 Å². The summed E-state index contributed by atoms with van der Waals surface area (Å²) in [5.41, 5.74) is 1.87. The molecule has 2 rings (SSSR count). The van der Waals surface area contributed by atoms with E-state index in [2.05, 4.69) is 10.3 Å². The minimum atomic E-state index is -0.613. The fourth-order valence-corrected chi connectivity index (χ4v) is 1.83. The third-order valence-corrected chi connectivity index (χ3v) is 2.81. The molecule has 1 N–H and O–H groups in total. The number of nitrogens with zero attached hydrogens (tertiary/aromatic N) is 1. The smallest absolute Gasteiger partial charge is 0.257 e. The number of halogens is 1. The number of amides is 1. The van der Waals surface area contributed by atoms with Crippen LogP contribution in [0, 0.1) is 12.9 Å². The highest BCUT2D eigenvalue weighted by molar-refractivity contribution is 6.04. The van der Waals surface area contributed by atoms with Gasteiger partial charge in [-0.15, -0.1) is 0 Å². The average molecular weight is 288 g/mol. The van der Waals surface area contributed by atoms with Crippen molar-refractivity contribution in [2.24, 2.45) is 0 Å². The van der Waals surface area contributed by atoms with Crippen molar-refractivity contribution in [3.8, 4) is 5.75 Å². The fourth-order valence-electron chi connectivity index (χ4n) is 1.83. The predicted molar refractivity (Wildman–Crippen MR) is 79.1 cm³/mol. The summed E-state index contributed by atoms with van der Waals surface area (Å²) in [6, 6.07) is 7.98. The average Bonchev–Trinajstić information content (AvgIpc) is 2.42. The van der Waals surface area contributed by atoms with Crippen LogP contribution in [-0.2, 0) is 0 Å². The van der Waals surface area contributed by atoms with Crippen LogP contribution in [0.2, 0.25) is 0 Å². The van der Waals surface area contributed by atoms with E-state index in [1.165, 1.54) is 12.3 Å². The Morgan fingerprint density at radius 3 is 2.62 bits per heavy atom. The minimum absolute atomic E-state index is 0.0927. The molecular weight excluding hydrogens is 271 g/mol. The van der Waals surface area contributed by atoms with Gasteiger partial charge in [0.1, 0.15) is 5.75 Å². The van der Waals surface area contributed by atoms with Gasteiger partial charge in [0.25, 0.3) is 5.91 Å². The van der Waals surface area contributed by atoms with Gasteiger partial charge in [0.2, 0.25) is 5.95 Å². The summed E-state index contributed by atoms with van der Waals surface area (Å²) >= 11 is 0. The molecule has 0 unspecified atom stereocenters. The van der Waals surface area contributed by atoms with Crippen LogP contribution < -0.4 is 10.1 Å². The quantitative estimate of drug-likeness (QED) is 0.875. The molecule has 0 saturated heterocycles. The van der Waals surface area contributed by atoms with Crippen LogP contribution in [0.15, 0.2) is 36.5 Å². The summed E-state index contributed by atoms with van der Waals surface area (Å²) in [5, 5.41) is 2.77. The molecular formula is C16H17FN2O2. The second kappa shape index (κ2) is 6.35. The van der Waals surface area contributed by atoms with Crippen LogP contribution in [-0.4, -0.2) is 17.0 Å². The Morgan fingerprint density at radius 1 is 1.29 bits per heavy atom. The van der Waals surface area contributed by atoms with Crippen molar-refractivity contribution in [2.45, 2.75) is 26.9 Å². The molecule has 4 nitrogen and oxygen atoms in total. The summed E-state index contributed by atoms with van der Waals surface area (Å²) < 4.78 is 18.3. The van der Waals surface area contributed by atoms with Crippen molar-refractivity contribution in [1.29, 1.82) is 0 Å². The van der Waals surface area contributed by atoms with Crippen LogP contribution in [0.4, 0.5) is 10.1 Å². The van der Waals surface area contributed by atoms with E-state index < -0.39 is 5.95 Å². The Kier molecular flexibility index (Phi) is 4.52. The lowest BCUT2D eigenvalue weighted by Gasteiger charge is -2.13. The maximum Gasteiger partial charge on any atom is 0.257 e. The van der Waals surface area contributed by atoms with Crippen LogP contribution in [0.5, 0.6) is 5.75 Å². The molecule has 0 bridgehead atoms. The number of carbonyl (C=O) groups excluding carboxylic acids is 1.